The third kappa shape index (κ3) is 4.05. The molecule has 1 aliphatic carbocycles. The summed E-state index contributed by atoms with van der Waals surface area (Å²) in [6.45, 7) is 6.04. The first-order chi connectivity index (χ1) is 14.1. The van der Waals surface area contributed by atoms with Crippen molar-refractivity contribution in [1.29, 1.82) is 0 Å². The maximum atomic E-state index is 12.2. The van der Waals surface area contributed by atoms with Crippen LogP contribution in [-0.2, 0) is 15.9 Å². The van der Waals surface area contributed by atoms with Crippen LogP contribution in [0.15, 0.2) is 22.9 Å². The van der Waals surface area contributed by atoms with Crippen LogP contribution in [0.25, 0.3) is 11.5 Å². The molecule has 3 fully saturated rings. The number of amides is 1. The van der Waals surface area contributed by atoms with E-state index in [1.165, 1.54) is 0 Å². The standard InChI is InChI=1S/C20H25N5O4/c1-20(3-4-20)28-19(26)25-8-6-24(7-9-25)18-22-17(29-23-18)15-2-5-21-16(11-15)10-14-12-27-13-14/h2,5,11,14H,3-4,6-10,12-13H2,1H3. The van der Waals surface area contributed by atoms with Crippen molar-refractivity contribution < 1.29 is 18.8 Å². The molecule has 2 aromatic rings. The number of hydrogen-bond acceptors (Lipinski definition) is 8. The van der Waals surface area contributed by atoms with Gasteiger partial charge >= 0.3 is 6.09 Å². The van der Waals surface area contributed by atoms with E-state index >= 15 is 0 Å². The topological polar surface area (TPSA) is 93.8 Å². The molecule has 0 bridgehead atoms. The maximum absolute atomic E-state index is 12.2. The van der Waals surface area contributed by atoms with Gasteiger partial charge in [-0.15, -0.1) is 0 Å². The van der Waals surface area contributed by atoms with Gasteiger partial charge in [0.05, 0.1) is 13.2 Å². The van der Waals surface area contributed by atoms with Crippen LogP contribution in [0.2, 0.25) is 0 Å². The average molecular weight is 399 g/mol. The largest absolute Gasteiger partial charge is 0.443 e. The summed E-state index contributed by atoms with van der Waals surface area (Å²) in [7, 11) is 0. The molecule has 0 unspecified atom stereocenters. The van der Waals surface area contributed by atoms with Crippen molar-refractivity contribution in [3.8, 4) is 11.5 Å². The lowest BCUT2D eigenvalue weighted by molar-refractivity contribution is -0.0316. The lowest BCUT2D eigenvalue weighted by atomic mass is 10.0. The minimum Gasteiger partial charge on any atom is -0.443 e. The third-order valence-electron chi connectivity index (χ3n) is 5.79. The summed E-state index contributed by atoms with van der Waals surface area (Å²) in [5, 5.41) is 4.14. The molecule has 9 heteroatoms. The first kappa shape index (κ1) is 18.4. The molecular weight excluding hydrogens is 374 g/mol. The SMILES string of the molecule is CC1(OC(=O)N2CCN(c3noc(-c4ccnc(CC5COC5)c4)n3)CC2)CC1. The molecule has 4 heterocycles. The predicted octanol–water partition coefficient (Wildman–Crippen LogP) is 2.13. The van der Waals surface area contributed by atoms with Gasteiger partial charge in [-0.1, -0.05) is 0 Å². The number of rotatable bonds is 5. The van der Waals surface area contributed by atoms with E-state index in [2.05, 4.69) is 15.1 Å². The fourth-order valence-corrected chi connectivity index (χ4v) is 3.52. The molecule has 29 heavy (non-hydrogen) atoms. The number of pyridine rings is 1. The van der Waals surface area contributed by atoms with Crippen LogP contribution < -0.4 is 4.90 Å². The molecular formula is C20H25N5O4. The minimum atomic E-state index is -0.244. The Labute approximate surface area is 169 Å². The van der Waals surface area contributed by atoms with Gasteiger partial charge in [-0.3, -0.25) is 4.98 Å². The van der Waals surface area contributed by atoms with E-state index in [0.717, 1.165) is 43.7 Å². The Morgan fingerprint density at radius 2 is 2.07 bits per heavy atom. The number of ether oxygens (including phenoxy) is 2. The Bertz CT molecular complexity index is 885. The van der Waals surface area contributed by atoms with Crippen molar-refractivity contribution in [2.45, 2.75) is 31.8 Å². The van der Waals surface area contributed by atoms with E-state index in [9.17, 15) is 4.79 Å². The molecule has 2 aliphatic heterocycles. The zero-order valence-corrected chi connectivity index (χ0v) is 16.5. The van der Waals surface area contributed by atoms with E-state index in [-0.39, 0.29) is 11.7 Å². The van der Waals surface area contributed by atoms with Gasteiger partial charge in [-0.05, 0) is 43.5 Å². The first-order valence-corrected chi connectivity index (χ1v) is 10.2. The molecule has 5 rings (SSSR count). The van der Waals surface area contributed by atoms with E-state index in [4.69, 9.17) is 14.0 Å². The van der Waals surface area contributed by atoms with Crippen LogP contribution >= 0.6 is 0 Å². The molecule has 9 nitrogen and oxygen atoms in total. The number of piperazine rings is 1. The normalized spacial score (nSPS) is 21.0. The highest BCUT2D eigenvalue weighted by atomic mass is 16.6. The molecule has 0 atom stereocenters. The molecule has 3 aliphatic rings. The molecule has 0 spiro atoms. The highest BCUT2D eigenvalue weighted by Gasteiger charge is 2.43. The van der Waals surface area contributed by atoms with Crippen molar-refractivity contribution in [3.05, 3.63) is 24.0 Å². The van der Waals surface area contributed by atoms with Crippen LogP contribution in [0.4, 0.5) is 10.7 Å². The van der Waals surface area contributed by atoms with Crippen LogP contribution in [0.3, 0.4) is 0 Å². The summed E-state index contributed by atoms with van der Waals surface area (Å²) in [6, 6.07) is 3.88. The van der Waals surface area contributed by atoms with Crippen molar-refractivity contribution in [1.82, 2.24) is 20.0 Å². The molecule has 0 aromatic carbocycles. The third-order valence-corrected chi connectivity index (χ3v) is 5.79. The molecule has 2 aromatic heterocycles. The second-order valence-electron chi connectivity index (χ2n) is 8.33. The fourth-order valence-electron chi connectivity index (χ4n) is 3.52. The van der Waals surface area contributed by atoms with Gasteiger partial charge in [-0.25, -0.2) is 4.79 Å². The number of carbonyl (C=O) groups is 1. The van der Waals surface area contributed by atoms with Crippen LogP contribution in [0.1, 0.15) is 25.5 Å². The lowest BCUT2D eigenvalue weighted by Gasteiger charge is -2.33. The molecule has 154 valence electrons. The second kappa shape index (κ2) is 7.29. The fraction of sp³-hybridized carbons (Fsp3) is 0.600. The number of anilines is 1. The molecule has 1 saturated carbocycles. The van der Waals surface area contributed by atoms with Crippen LogP contribution in [0.5, 0.6) is 0 Å². The zero-order chi connectivity index (χ0) is 19.8. The molecule has 1 amide bonds. The number of hydrogen-bond donors (Lipinski definition) is 0. The highest BCUT2D eigenvalue weighted by molar-refractivity contribution is 5.69. The average Bonchev–Trinajstić information content (AvgIpc) is 3.23. The quantitative estimate of drug-likeness (QED) is 0.755. The Morgan fingerprint density at radius 1 is 1.28 bits per heavy atom. The Balaban J connectivity index is 1.19. The Morgan fingerprint density at radius 3 is 2.76 bits per heavy atom. The zero-order valence-electron chi connectivity index (χ0n) is 16.5. The van der Waals surface area contributed by atoms with Gasteiger partial charge in [0, 0.05) is 49.6 Å². The van der Waals surface area contributed by atoms with Crippen LogP contribution in [0, 0.1) is 5.92 Å². The summed E-state index contributed by atoms with van der Waals surface area (Å²) >= 11 is 0. The van der Waals surface area contributed by atoms with Gasteiger partial charge in [0.1, 0.15) is 5.60 Å². The van der Waals surface area contributed by atoms with Crippen molar-refractivity contribution in [2.24, 2.45) is 5.92 Å². The number of aromatic nitrogens is 3. The van der Waals surface area contributed by atoms with E-state index in [1.54, 1.807) is 11.1 Å². The summed E-state index contributed by atoms with van der Waals surface area (Å²) in [5.41, 5.74) is 1.63. The van der Waals surface area contributed by atoms with Gasteiger partial charge < -0.3 is 23.8 Å². The molecule has 2 saturated heterocycles. The first-order valence-electron chi connectivity index (χ1n) is 10.2. The maximum Gasteiger partial charge on any atom is 0.410 e. The summed E-state index contributed by atoms with van der Waals surface area (Å²) in [5.74, 6) is 1.58. The van der Waals surface area contributed by atoms with E-state index in [0.29, 0.717) is 43.9 Å². The van der Waals surface area contributed by atoms with E-state index < -0.39 is 0 Å². The highest BCUT2D eigenvalue weighted by Crippen LogP contribution is 2.39. The number of nitrogens with zero attached hydrogens (tertiary/aromatic N) is 5. The number of carbonyl (C=O) groups excluding carboxylic acids is 1. The summed E-state index contributed by atoms with van der Waals surface area (Å²) in [4.78, 5) is 25.0. The van der Waals surface area contributed by atoms with Gasteiger partial charge in [0.25, 0.3) is 11.8 Å². The second-order valence-corrected chi connectivity index (χ2v) is 8.33. The van der Waals surface area contributed by atoms with Gasteiger partial charge in [0.15, 0.2) is 0 Å². The van der Waals surface area contributed by atoms with Crippen molar-refractivity contribution in [3.63, 3.8) is 0 Å². The Hall–Kier alpha value is -2.68. The smallest absolute Gasteiger partial charge is 0.410 e. The van der Waals surface area contributed by atoms with Crippen LogP contribution in [-0.4, -0.2) is 71.1 Å². The molecule has 0 radical (unpaired) electrons. The summed E-state index contributed by atoms with van der Waals surface area (Å²) in [6.07, 6.45) is 4.36. The Kier molecular flexibility index (Phi) is 4.61. The molecule has 0 N–H and O–H groups in total. The van der Waals surface area contributed by atoms with E-state index in [1.807, 2.05) is 24.0 Å². The van der Waals surface area contributed by atoms with Gasteiger partial charge in [-0.2, -0.15) is 4.98 Å². The lowest BCUT2D eigenvalue weighted by Crippen LogP contribution is -2.49. The minimum absolute atomic E-state index is 0.223. The predicted molar refractivity (Wildman–Crippen MR) is 103 cm³/mol. The van der Waals surface area contributed by atoms with Crippen molar-refractivity contribution >= 4 is 12.0 Å². The monoisotopic (exact) mass is 399 g/mol. The summed E-state index contributed by atoms with van der Waals surface area (Å²) < 4.78 is 16.3. The van der Waals surface area contributed by atoms with Crippen molar-refractivity contribution in [2.75, 3.05) is 44.3 Å². The van der Waals surface area contributed by atoms with Gasteiger partial charge in [0.2, 0.25) is 0 Å².